The van der Waals surface area contributed by atoms with Gasteiger partial charge in [-0.2, -0.15) is 0 Å². The predicted octanol–water partition coefficient (Wildman–Crippen LogP) is 11.2. The molecule has 0 aliphatic carbocycles. The summed E-state index contributed by atoms with van der Waals surface area (Å²) in [4.78, 5) is 40.9. The fourth-order valence-corrected chi connectivity index (χ4v) is 10.4. The van der Waals surface area contributed by atoms with Crippen molar-refractivity contribution >= 4 is 45.0 Å². The van der Waals surface area contributed by atoms with Gasteiger partial charge in [0.05, 0.1) is 39.5 Å². The fraction of sp³-hybridized carbons (Fsp3) is 0.644. The standard InChI is InChI=1S/C45H65N5O8S/c1-4-6-7-8-9-10-12-15-18-39(19-16-13-11-14-17-20-44(51)47-35-28-36(49(52)53)30-37(29-35)50(54)55)59(56)58-45(43-27-34-24-26-48(43)32-33(34)5-2)40-23-25-46-42-22-21-38(57-3)31-41(40)42/h21-23,25,28-31,33-34,39,43,45H,4-20,24,26-27,32H2,1-3H3,(H,47,51)/t33-,34-,39?,43-,45+,59?/m0/s1. The van der Waals surface area contributed by atoms with Crippen molar-refractivity contribution in [2.75, 3.05) is 25.5 Å². The number of carbonyl (C=O) groups excluding carboxylic acids is 1. The first kappa shape index (κ1) is 46.1. The van der Waals surface area contributed by atoms with E-state index >= 15 is 0 Å². The number of aromatic nitrogens is 1. The van der Waals surface area contributed by atoms with Crippen molar-refractivity contribution in [3.05, 3.63) is 74.5 Å². The molecule has 6 rings (SSSR count). The lowest BCUT2D eigenvalue weighted by Gasteiger charge is -2.52. The summed E-state index contributed by atoms with van der Waals surface area (Å²) in [5.74, 6) is 1.73. The van der Waals surface area contributed by atoms with Crippen LogP contribution in [0.3, 0.4) is 0 Å². The second kappa shape index (κ2) is 23.7. The topological polar surface area (TPSA) is 167 Å². The Morgan fingerprint density at radius 1 is 0.898 bits per heavy atom. The van der Waals surface area contributed by atoms with Gasteiger partial charge >= 0.3 is 0 Å². The number of nitrogens with one attached hydrogen (secondary N) is 1. The Balaban J connectivity index is 1.21. The van der Waals surface area contributed by atoms with E-state index in [0.29, 0.717) is 18.3 Å². The number of ether oxygens (including phenoxy) is 1. The van der Waals surface area contributed by atoms with Crippen molar-refractivity contribution < 1.29 is 27.8 Å². The maximum Gasteiger partial charge on any atom is 0.278 e. The Hall–Kier alpha value is -4.01. The summed E-state index contributed by atoms with van der Waals surface area (Å²) >= 11 is -1.52. The second-order valence-corrected chi connectivity index (χ2v) is 17.9. The Morgan fingerprint density at radius 3 is 2.14 bits per heavy atom. The molecule has 59 heavy (non-hydrogen) atoms. The summed E-state index contributed by atoms with van der Waals surface area (Å²) in [5, 5.41) is 25.9. The summed E-state index contributed by atoms with van der Waals surface area (Å²) in [6.45, 7) is 6.61. The molecule has 3 aliphatic heterocycles. The molecule has 1 N–H and O–H groups in total. The van der Waals surface area contributed by atoms with Gasteiger partial charge in [-0.15, -0.1) is 0 Å². The van der Waals surface area contributed by atoms with Gasteiger partial charge in [0.15, 0.2) is 11.1 Å². The van der Waals surface area contributed by atoms with Gasteiger partial charge in [-0.25, -0.2) is 4.21 Å². The van der Waals surface area contributed by atoms with E-state index in [-0.39, 0.29) is 35.4 Å². The molecule has 324 valence electrons. The molecule has 13 nitrogen and oxygen atoms in total. The molecule has 14 heteroatoms. The number of anilines is 1. The minimum atomic E-state index is -1.52. The number of methoxy groups -OCH3 is 1. The number of pyridine rings is 1. The number of benzene rings is 2. The summed E-state index contributed by atoms with van der Waals surface area (Å²) in [7, 11) is 1.67. The molecule has 0 radical (unpaired) electrons. The third kappa shape index (κ3) is 13.5. The van der Waals surface area contributed by atoms with E-state index in [9.17, 15) is 29.2 Å². The molecule has 1 aromatic heterocycles. The molecule has 0 saturated carbocycles. The first-order valence-corrected chi connectivity index (χ1v) is 23.2. The number of nitrogens with zero attached hydrogens (tertiary/aromatic N) is 4. The van der Waals surface area contributed by atoms with Crippen LogP contribution in [0.1, 0.15) is 148 Å². The predicted molar refractivity (Wildman–Crippen MR) is 234 cm³/mol. The van der Waals surface area contributed by atoms with Crippen molar-refractivity contribution in [2.24, 2.45) is 11.8 Å². The van der Waals surface area contributed by atoms with Gasteiger partial charge in [0.25, 0.3) is 11.4 Å². The van der Waals surface area contributed by atoms with Gasteiger partial charge in [-0.1, -0.05) is 97.3 Å². The molecule has 3 aromatic rings. The highest BCUT2D eigenvalue weighted by Crippen LogP contribution is 2.45. The van der Waals surface area contributed by atoms with E-state index in [1.165, 1.54) is 51.4 Å². The number of piperidine rings is 3. The van der Waals surface area contributed by atoms with E-state index in [0.717, 1.165) is 111 Å². The molecule has 3 fully saturated rings. The van der Waals surface area contributed by atoms with Gasteiger partial charge in [0.1, 0.15) is 11.9 Å². The van der Waals surface area contributed by atoms with Crippen molar-refractivity contribution in [1.29, 1.82) is 0 Å². The van der Waals surface area contributed by atoms with Gasteiger partial charge in [-0.3, -0.25) is 39.1 Å². The van der Waals surface area contributed by atoms with Crippen LogP contribution in [0, 0.1) is 32.1 Å². The summed E-state index contributed by atoms with van der Waals surface area (Å²) < 4.78 is 27.2. The third-order valence-electron chi connectivity index (χ3n) is 12.5. The van der Waals surface area contributed by atoms with Crippen molar-refractivity contribution in [1.82, 2.24) is 9.88 Å². The zero-order valence-corrected chi connectivity index (χ0v) is 36.1. The van der Waals surface area contributed by atoms with Crippen molar-refractivity contribution in [2.45, 2.75) is 153 Å². The molecule has 3 unspecified atom stereocenters. The molecule has 4 heterocycles. The number of hydrogen-bond donors (Lipinski definition) is 1. The monoisotopic (exact) mass is 835 g/mol. The summed E-state index contributed by atoms with van der Waals surface area (Å²) in [6.07, 6.45) is 20.5. The van der Waals surface area contributed by atoms with Crippen LogP contribution in [-0.2, 0) is 20.1 Å². The van der Waals surface area contributed by atoms with Crippen molar-refractivity contribution in [3.8, 4) is 5.75 Å². The molecule has 1 amide bonds. The lowest BCUT2D eigenvalue weighted by Crippen LogP contribution is -2.55. The Morgan fingerprint density at radius 2 is 1.54 bits per heavy atom. The van der Waals surface area contributed by atoms with E-state index in [2.05, 4.69) is 29.0 Å². The Labute approximate surface area is 352 Å². The highest BCUT2D eigenvalue weighted by atomic mass is 32.2. The number of unbranched alkanes of at least 4 members (excludes halogenated alkanes) is 11. The first-order valence-electron chi connectivity index (χ1n) is 22.1. The smallest absolute Gasteiger partial charge is 0.278 e. The van der Waals surface area contributed by atoms with Crippen LogP contribution in [0.2, 0.25) is 0 Å². The average Bonchev–Trinajstić information content (AvgIpc) is 3.24. The maximum atomic E-state index is 14.6. The highest BCUT2D eigenvalue weighted by molar-refractivity contribution is 7.80. The van der Waals surface area contributed by atoms with Crippen LogP contribution in [-0.4, -0.2) is 61.3 Å². The largest absolute Gasteiger partial charge is 0.497 e. The molecule has 3 saturated heterocycles. The first-order chi connectivity index (χ1) is 28.6. The number of fused-ring (bicyclic) bond motifs is 4. The van der Waals surface area contributed by atoms with Gasteiger partial charge in [0.2, 0.25) is 5.91 Å². The number of carbonyl (C=O) groups is 1. The average molecular weight is 836 g/mol. The minimum Gasteiger partial charge on any atom is -0.497 e. The van der Waals surface area contributed by atoms with E-state index in [4.69, 9.17) is 8.92 Å². The van der Waals surface area contributed by atoms with E-state index in [1.54, 1.807) is 7.11 Å². The van der Waals surface area contributed by atoms with E-state index < -0.39 is 32.3 Å². The lowest BCUT2D eigenvalue weighted by atomic mass is 9.72. The second-order valence-electron chi connectivity index (χ2n) is 16.6. The quantitative estimate of drug-likeness (QED) is 0.0443. The van der Waals surface area contributed by atoms with Crippen LogP contribution in [0.4, 0.5) is 17.1 Å². The molecular weight excluding hydrogens is 771 g/mol. The van der Waals surface area contributed by atoms with Crippen molar-refractivity contribution in [3.63, 3.8) is 0 Å². The Bertz CT molecular complexity index is 1830. The molecule has 2 bridgehead atoms. The van der Waals surface area contributed by atoms with Gasteiger partial charge in [-0.05, 0) is 80.3 Å². The minimum absolute atomic E-state index is 0.0334. The maximum absolute atomic E-state index is 14.6. The van der Waals surface area contributed by atoms with Crippen LogP contribution < -0.4 is 10.1 Å². The fourth-order valence-electron chi connectivity index (χ4n) is 9.12. The summed E-state index contributed by atoms with van der Waals surface area (Å²) in [5.41, 5.74) is 1.02. The molecular formula is C45H65N5O8S. The van der Waals surface area contributed by atoms with E-state index in [1.807, 2.05) is 30.5 Å². The number of non-ortho nitro benzene ring substituents is 2. The molecule has 7 atom stereocenters. The zero-order chi connectivity index (χ0) is 42.1. The summed E-state index contributed by atoms with van der Waals surface area (Å²) in [6, 6.07) is 11.2. The third-order valence-corrected chi connectivity index (χ3v) is 13.9. The molecule has 0 spiro atoms. The number of hydrogen-bond acceptors (Lipinski definition) is 10. The number of nitro benzene ring substituents is 2. The number of amides is 1. The van der Waals surface area contributed by atoms with Crippen LogP contribution >= 0.6 is 0 Å². The van der Waals surface area contributed by atoms with Crippen LogP contribution in [0.15, 0.2) is 48.7 Å². The van der Waals surface area contributed by atoms with Crippen LogP contribution in [0.5, 0.6) is 5.75 Å². The van der Waals surface area contributed by atoms with Crippen LogP contribution in [0.25, 0.3) is 10.9 Å². The van der Waals surface area contributed by atoms with Gasteiger partial charge in [0, 0.05) is 42.7 Å². The molecule has 2 aromatic carbocycles. The highest BCUT2D eigenvalue weighted by Gasteiger charge is 2.44. The van der Waals surface area contributed by atoms with Gasteiger partial charge < -0.3 is 10.1 Å². The normalized spacial score (nSPS) is 20.3. The number of nitro groups is 2. The zero-order valence-electron chi connectivity index (χ0n) is 35.3. The SMILES string of the molecule is CCCCCCCCCCC(CCCCCCCC(=O)Nc1cc([N+](=O)[O-])cc([N+](=O)[O-])c1)S(=O)O[C@H](c1ccnc2ccc(OC)cc12)[C@@H]1C[C@@H]2CCN1C[C@@H]2CC. The lowest BCUT2D eigenvalue weighted by molar-refractivity contribution is -0.394. The number of rotatable bonds is 27. The Kier molecular flexibility index (Phi) is 18.5. The molecule has 3 aliphatic rings.